The summed E-state index contributed by atoms with van der Waals surface area (Å²) in [6, 6.07) is 12.8. The Morgan fingerprint density at radius 2 is 1.92 bits per heavy atom. The molecular formula is C17H16N2O5. The number of non-ortho nitro benzene ring substituents is 1. The third-order valence-electron chi connectivity index (χ3n) is 3.19. The van der Waals surface area contributed by atoms with Crippen LogP contribution in [0.25, 0.3) is 0 Å². The minimum atomic E-state index is -0.590. The largest absolute Gasteiger partial charge is 0.460 e. The number of carbonyl (C=O) groups is 2. The van der Waals surface area contributed by atoms with E-state index in [-0.39, 0.29) is 24.4 Å². The number of nitrogens with zero attached hydrogens (tertiary/aromatic N) is 1. The molecule has 2 aromatic rings. The maximum absolute atomic E-state index is 11.9. The van der Waals surface area contributed by atoms with Crippen molar-refractivity contribution in [1.29, 1.82) is 0 Å². The van der Waals surface area contributed by atoms with E-state index in [2.05, 4.69) is 5.32 Å². The number of nitrogens with one attached hydrogen (secondary N) is 1. The van der Waals surface area contributed by atoms with Crippen molar-refractivity contribution >= 4 is 17.6 Å². The first kappa shape index (κ1) is 17.1. The number of amides is 1. The molecule has 0 spiro atoms. The first-order valence-electron chi connectivity index (χ1n) is 7.19. The number of nitro groups is 1. The Labute approximate surface area is 138 Å². The quantitative estimate of drug-likeness (QED) is 0.499. The minimum Gasteiger partial charge on any atom is -0.460 e. The Hall–Kier alpha value is -3.22. The number of nitro benzene ring substituents is 1. The van der Waals surface area contributed by atoms with Crippen molar-refractivity contribution in [2.45, 2.75) is 13.5 Å². The Balaban J connectivity index is 1.84. The van der Waals surface area contributed by atoms with Gasteiger partial charge in [0, 0.05) is 17.7 Å². The van der Waals surface area contributed by atoms with Crippen molar-refractivity contribution in [3.8, 4) is 0 Å². The molecule has 0 aromatic heterocycles. The van der Waals surface area contributed by atoms with Gasteiger partial charge in [-0.2, -0.15) is 0 Å². The van der Waals surface area contributed by atoms with Gasteiger partial charge in [-0.05, 0) is 18.6 Å². The smallest absolute Gasteiger partial charge is 0.325 e. The second kappa shape index (κ2) is 7.87. The van der Waals surface area contributed by atoms with Gasteiger partial charge in [-0.15, -0.1) is 0 Å². The van der Waals surface area contributed by atoms with Crippen LogP contribution in [0.3, 0.4) is 0 Å². The van der Waals surface area contributed by atoms with Crippen LogP contribution in [0.15, 0.2) is 48.5 Å². The van der Waals surface area contributed by atoms with E-state index in [0.717, 1.165) is 17.2 Å². The van der Waals surface area contributed by atoms with E-state index >= 15 is 0 Å². The molecule has 7 nitrogen and oxygen atoms in total. The molecule has 0 aliphatic carbocycles. The van der Waals surface area contributed by atoms with Gasteiger partial charge in [-0.3, -0.25) is 19.7 Å². The molecule has 0 unspecified atom stereocenters. The lowest BCUT2D eigenvalue weighted by Gasteiger charge is -2.07. The van der Waals surface area contributed by atoms with Crippen molar-refractivity contribution < 1.29 is 19.2 Å². The van der Waals surface area contributed by atoms with Gasteiger partial charge in [0.2, 0.25) is 0 Å². The average Bonchev–Trinajstić information content (AvgIpc) is 2.58. The molecule has 7 heteroatoms. The number of hydrogen-bond acceptors (Lipinski definition) is 5. The van der Waals surface area contributed by atoms with Crippen molar-refractivity contribution in [2.75, 3.05) is 6.54 Å². The maximum atomic E-state index is 11.9. The number of benzene rings is 2. The molecule has 0 radical (unpaired) electrons. The van der Waals surface area contributed by atoms with Gasteiger partial charge in [0.25, 0.3) is 11.6 Å². The fourth-order valence-corrected chi connectivity index (χ4v) is 2.03. The normalized spacial score (nSPS) is 10.0. The lowest BCUT2D eigenvalue weighted by atomic mass is 10.1. The average molecular weight is 328 g/mol. The summed E-state index contributed by atoms with van der Waals surface area (Å²) in [7, 11) is 0. The molecule has 0 bridgehead atoms. The minimum absolute atomic E-state index is 0.107. The predicted octanol–water partition coefficient (Wildman–Crippen LogP) is 2.38. The lowest BCUT2D eigenvalue weighted by Crippen LogP contribution is -2.30. The molecule has 24 heavy (non-hydrogen) atoms. The highest BCUT2D eigenvalue weighted by molar-refractivity contribution is 5.96. The van der Waals surface area contributed by atoms with Gasteiger partial charge in [0.05, 0.1) is 4.92 Å². The van der Waals surface area contributed by atoms with Crippen LogP contribution >= 0.6 is 0 Å². The highest BCUT2D eigenvalue weighted by Gasteiger charge is 2.13. The highest BCUT2D eigenvalue weighted by atomic mass is 16.6. The molecule has 0 saturated carbocycles. The van der Waals surface area contributed by atoms with Gasteiger partial charge in [0.15, 0.2) is 0 Å². The van der Waals surface area contributed by atoms with Crippen molar-refractivity contribution in [3.05, 3.63) is 75.3 Å². The highest BCUT2D eigenvalue weighted by Crippen LogP contribution is 2.12. The predicted molar refractivity (Wildman–Crippen MR) is 86.4 cm³/mol. The summed E-state index contributed by atoms with van der Waals surface area (Å²) >= 11 is 0. The molecule has 0 atom stereocenters. The standard InChI is InChI=1S/C17H16N2O5/c1-12-4-2-5-13(8-12)11-24-16(20)10-18-17(21)14-6-3-7-15(9-14)19(22)23/h2-9H,10-11H2,1H3,(H,18,21). The van der Waals surface area contributed by atoms with Gasteiger partial charge >= 0.3 is 5.97 Å². The topological polar surface area (TPSA) is 98.5 Å². The zero-order valence-corrected chi connectivity index (χ0v) is 13.0. The molecule has 0 saturated heterocycles. The fraction of sp³-hybridized carbons (Fsp3) is 0.176. The first-order valence-corrected chi connectivity index (χ1v) is 7.19. The summed E-state index contributed by atoms with van der Waals surface area (Å²) in [6.07, 6.45) is 0. The van der Waals surface area contributed by atoms with Gasteiger partial charge < -0.3 is 10.1 Å². The number of aryl methyl sites for hydroxylation is 1. The maximum Gasteiger partial charge on any atom is 0.325 e. The van der Waals surface area contributed by atoms with Gasteiger partial charge in [0.1, 0.15) is 13.2 Å². The summed E-state index contributed by atoms with van der Waals surface area (Å²) in [6.45, 7) is 1.74. The summed E-state index contributed by atoms with van der Waals surface area (Å²) in [5, 5.41) is 13.1. The van der Waals surface area contributed by atoms with Crippen LogP contribution in [0.1, 0.15) is 21.5 Å². The Bertz CT molecular complexity index is 773. The molecular weight excluding hydrogens is 312 g/mol. The van der Waals surface area contributed by atoms with E-state index in [0.29, 0.717) is 0 Å². The van der Waals surface area contributed by atoms with Gasteiger partial charge in [-0.1, -0.05) is 35.9 Å². The Morgan fingerprint density at radius 1 is 1.17 bits per heavy atom. The SMILES string of the molecule is Cc1cccc(COC(=O)CNC(=O)c2cccc([N+](=O)[O-])c2)c1. The monoisotopic (exact) mass is 328 g/mol. The van der Waals surface area contributed by atoms with E-state index in [1.165, 1.54) is 18.2 Å². The molecule has 0 aliphatic rings. The number of hydrogen-bond donors (Lipinski definition) is 1. The zero-order valence-electron chi connectivity index (χ0n) is 13.0. The second-order valence-electron chi connectivity index (χ2n) is 5.14. The van der Waals surface area contributed by atoms with Crippen LogP contribution in [0.2, 0.25) is 0 Å². The zero-order chi connectivity index (χ0) is 17.5. The van der Waals surface area contributed by atoms with Gasteiger partial charge in [-0.25, -0.2) is 0 Å². The van der Waals surface area contributed by atoms with Crippen molar-refractivity contribution in [1.82, 2.24) is 5.32 Å². The Kier molecular flexibility index (Phi) is 5.62. The molecule has 0 fully saturated rings. The molecule has 124 valence electrons. The fourth-order valence-electron chi connectivity index (χ4n) is 2.03. The van der Waals surface area contributed by atoms with E-state index in [9.17, 15) is 19.7 Å². The third-order valence-corrected chi connectivity index (χ3v) is 3.19. The molecule has 0 aliphatic heterocycles. The van der Waals surface area contributed by atoms with E-state index < -0.39 is 16.8 Å². The first-order chi connectivity index (χ1) is 11.5. The summed E-state index contributed by atoms with van der Waals surface area (Å²) in [5.41, 5.74) is 1.83. The molecule has 1 N–H and O–H groups in total. The van der Waals surface area contributed by atoms with Crippen molar-refractivity contribution in [3.63, 3.8) is 0 Å². The van der Waals surface area contributed by atoms with E-state index in [1.54, 1.807) is 0 Å². The summed E-state index contributed by atoms with van der Waals surface area (Å²) in [5.74, 6) is -1.17. The number of esters is 1. The molecule has 1 amide bonds. The summed E-state index contributed by atoms with van der Waals surface area (Å²) in [4.78, 5) is 33.7. The van der Waals surface area contributed by atoms with Crippen LogP contribution < -0.4 is 5.32 Å². The number of rotatable bonds is 6. The third kappa shape index (κ3) is 4.91. The second-order valence-corrected chi connectivity index (χ2v) is 5.14. The molecule has 2 aromatic carbocycles. The van der Waals surface area contributed by atoms with Crippen molar-refractivity contribution in [2.24, 2.45) is 0 Å². The number of carbonyl (C=O) groups excluding carboxylic acids is 2. The number of ether oxygens (including phenoxy) is 1. The van der Waals surface area contributed by atoms with Crippen LogP contribution in [-0.4, -0.2) is 23.3 Å². The van der Waals surface area contributed by atoms with E-state index in [4.69, 9.17) is 4.74 Å². The van der Waals surface area contributed by atoms with Crippen LogP contribution in [-0.2, 0) is 16.1 Å². The van der Waals surface area contributed by atoms with Crippen LogP contribution in [0.5, 0.6) is 0 Å². The van der Waals surface area contributed by atoms with E-state index in [1.807, 2.05) is 31.2 Å². The Morgan fingerprint density at radius 3 is 2.62 bits per heavy atom. The summed E-state index contributed by atoms with van der Waals surface area (Å²) < 4.78 is 5.07. The molecule has 0 heterocycles. The molecule has 2 rings (SSSR count). The lowest BCUT2D eigenvalue weighted by molar-refractivity contribution is -0.384. The van der Waals surface area contributed by atoms with Crippen LogP contribution in [0.4, 0.5) is 5.69 Å². The van der Waals surface area contributed by atoms with Crippen LogP contribution in [0, 0.1) is 17.0 Å².